The molecule has 0 aliphatic carbocycles. The van der Waals surface area contributed by atoms with E-state index in [0.29, 0.717) is 11.8 Å². The smallest absolute Gasteiger partial charge is 0.345 e. The third-order valence-corrected chi connectivity index (χ3v) is 4.65. The van der Waals surface area contributed by atoms with Crippen LogP contribution in [0.3, 0.4) is 0 Å². The van der Waals surface area contributed by atoms with Crippen LogP contribution in [0.15, 0.2) is 48.7 Å². The number of carboxylic acid groups (broad SMARTS) is 1. The fraction of sp³-hybridized carbons (Fsp3) is 0.150. The topological polar surface area (TPSA) is 137 Å². The standard InChI is InChI=1S/C13H12N2O4.C7H5F2NO/c16-11-13(19,12(17)18)4-6-15(11)9-1-2-10-8(7-9)3-5-14-10;8-5-1-4(7(10)11)2-6(9)3-5/h1-3,5,7,14,19H,4,6H2,(H,17,18);1-3H,(H2,10,11). The number of H-pyrrole nitrogens is 1. The summed E-state index contributed by atoms with van der Waals surface area (Å²) in [6.07, 6.45) is 1.68. The molecule has 2 heterocycles. The average Bonchev–Trinajstić information content (AvgIpc) is 3.26. The molecule has 0 radical (unpaired) electrons. The van der Waals surface area contributed by atoms with E-state index in [-0.39, 0.29) is 18.5 Å². The Morgan fingerprint density at radius 3 is 2.33 bits per heavy atom. The molecule has 1 fully saturated rings. The van der Waals surface area contributed by atoms with Crippen LogP contribution in [0.4, 0.5) is 14.5 Å². The number of aromatic amines is 1. The van der Waals surface area contributed by atoms with E-state index in [0.717, 1.165) is 23.0 Å². The number of carboxylic acids is 1. The van der Waals surface area contributed by atoms with Gasteiger partial charge in [0, 0.05) is 47.4 Å². The van der Waals surface area contributed by atoms with Crippen LogP contribution in [0.25, 0.3) is 10.9 Å². The maximum atomic E-state index is 12.3. The van der Waals surface area contributed by atoms with Gasteiger partial charge in [0.2, 0.25) is 11.5 Å². The Kier molecular flexibility index (Phi) is 5.52. The van der Waals surface area contributed by atoms with Crippen molar-refractivity contribution in [3.05, 3.63) is 65.9 Å². The summed E-state index contributed by atoms with van der Waals surface area (Å²) in [7, 11) is 0. The number of carbonyl (C=O) groups is 3. The number of benzene rings is 2. The molecule has 1 saturated heterocycles. The second-order valence-corrected chi connectivity index (χ2v) is 6.64. The fourth-order valence-corrected chi connectivity index (χ4v) is 3.05. The number of aromatic nitrogens is 1. The molecule has 1 aliphatic heterocycles. The number of aliphatic hydroxyl groups is 1. The van der Waals surface area contributed by atoms with Crippen LogP contribution in [0.5, 0.6) is 0 Å². The first-order valence-electron chi connectivity index (χ1n) is 8.72. The van der Waals surface area contributed by atoms with Crippen molar-refractivity contribution in [1.82, 2.24) is 4.98 Å². The highest BCUT2D eigenvalue weighted by molar-refractivity contribution is 6.14. The van der Waals surface area contributed by atoms with Gasteiger partial charge >= 0.3 is 5.97 Å². The van der Waals surface area contributed by atoms with Crippen molar-refractivity contribution in [3.8, 4) is 0 Å². The number of hydrogen-bond acceptors (Lipinski definition) is 4. The molecule has 3 aromatic rings. The van der Waals surface area contributed by atoms with Gasteiger partial charge in [0.05, 0.1) is 0 Å². The van der Waals surface area contributed by atoms with Crippen molar-refractivity contribution in [1.29, 1.82) is 0 Å². The highest BCUT2D eigenvalue weighted by atomic mass is 19.1. The zero-order valence-corrected chi connectivity index (χ0v) is 15.4. The summed E-state index contributed by atoms with van der Waals surface area (Å²) in [6, 6.07) is 9.63. The number of amides is 2. The van der Waals surface area contributed by atoms with Crippen LogP contribution in [0, 0.1) is 11.6 Å². The Balaban J connectivity index is 0.000000199. The summed E-state index contributed by atoms with van der Waals surface area (Å²) in [5, 5.41) is 19.7. The number of nitrogens with two attached hydrogens (primary N) is 1. The quantitative estimate of drug-likeness (QED) is 0.482. The summed E-state index contributed by atoms with van der Waals surface area (Å²) in [5.41, 5.74) is 3.84. The van der Waals surface area contributed by atoms with Crippen LogP contribution in [-0.4, -0.2) is 45.1 Å². The molecule has 4 rings (SSSR count). The van der Waals surface area contributed by atoms with Gasteiger partial charge in [0.1, 0.15) is 11.6 Å². The Morgan fingerprint density at radius 2 is 1.77 bits per heavy atom. The molecule has 0 saturated carbocycles. The lowest BCUT2D eigenvalue weighted by Gasteiger charge is -2.19. The number of halogens is 2. The predicted octanol–water partition coefficient (Wildman–Crippen LogP) is 1.78. The minimum Gasteiger partial charge on any atom is -0.479 e. The first-order chi connectivity index (χ1) is 14.1. The van der Waals surface area contributed by atoms with Gasteiger partial charge < -0.3 is 25.8 Å². The van der Waals surface area contributed by atoms with E-state index in [4.69, 9.17) is 10.8 Å². The summed E-state index contributed by atoms with van der Waals surface area (Å²) in [5.74, 6) is -4.74. The monoisotopic (exact) mass is 417 g/mol. The number of anilines is 1. The van der Waals surface area contributed by atoms with Crippen LogP contribution in [0.1, 0.15) is 16.8 Å². The molecular weight excluding hydrogens is 400 g/mol. The molecule has 0 spiro atoms. The highest BCUT2D eigenvalue weighted by Crippen LogP contribution is 2.30. The third kappa shape index (κ3) is 3.98. The molecule has 1 unspecified atom stereocenters. The summed E-state index contributed by atoms with van der Waals surface area (Å²) >= 11 is 0. The third-order valence-electron chi connectivity index (χ3n) is 4.65. The maximum absolute atomic E-state index is 12.3. The molecule has 1 atom stereocenters. The minimum atomic E-state index is -2.30. The van der Waals surface area contributed by atoms with Crippen molar-refractivity contribution in [2.75, 3.05) is 11.4 Å². The second-order valence-electron chi connectivity index (χ2n) is 6.64. The lowest BCUT2D eigenvalue weighted by Crippen LogP contribution is -2.46. The molecule has 5 N–H and O–H groups in total. The van der Waals surface area contributed by atoms with Crippen molar-refractivity contribution >= 4 is 34.4 Å². The lowest BCUT2D eigenvalue weighted by atomic mass is 10.0. The van der Waals surface area contributed by atoms with Crippen molar-refractivity contribution in [3.63, 3.8) is 0 Å². The first-order valence-corrected chi connectivity index (χ1v) is 8.72. The molecular formula is C20H17F2N3O5. The van der Waals surface area contributed by atoms with Gasteiger partial charge in [-0.2, -0.15) is 0 Å². The Hall–Kier alpha value is -3.79. The predicted molar refractivity (Wildman–Crippen MR) is 103 cm³/mol. The number of rotatable bonds is 3. The van der Waals surface area contributed by atoms with E-state index in [1.165, 1.54) is 4.90 Å². The van der Waals surface area contributed by atoms with E-state index in [9.17, 15) is 28.3 Å². The lowest BCUT2D eigenvalue weighted by molar-refractivity contribution is -0.162. The van der Waals surface area contributed by atoms with Gasteiger partial charge in [-0.3, -0.25) is 9.59 Å². The summed E-state index contributed by atoms with van der Waals surface area (Å²) in [6.45, 7) is 0.192. The van der Waals surface area contributed by atoms with E-state index in [2.05, 4.69) is 4.98 Å². The van der Waals surface area contributed by atoms with Crippen molar-refractivity contribution in [2.24, 2.45) is 5.73 Å². The first kappa shape index (κ1) is 20.9. The van der Waals surface area contributed by atoms with E-state index in [1.807, 2.05) is 12.1 Å². The van der Waals surface area contributed by atoms with Crippen LogP contribution < -0.4 is 10.6 Å². The molecule has 8 nitrogen and oxygen atoms in total. The fourth-order valence-electron chi connectivity index (χ4n) is 3.05. The molecule has 30 heavy (non-hydrogen) atoms. The molecule has 10 heteroatoms. The van der Waals surface area contributed by atoms with Crippen LogP contribution in [-0.2, 0) is 9.59 Å². The van der Waals surface area contributed by atoms with Gasteiger partial charge in [0.15, 0.2) is 0 Å². The zero-order valence-electron chi connectivity index (χ0n) is 15.4. The molecule has 1 aromatic heterocycles. The molecule has 2 aromatic carbocycles. The Bertz CT molecular complexity index is 1130. The van der Waals surface area contributed by atoms with Gasteiger partial charge in [-0.15, -0.1) is 0 Å². The number of hydrogen-bond donors (Lipinski definition) is 4. The number of aliphatic carboxylic acids is 1. The Morgan fingerprint density at radius 1 is 1.10 bits per heavy atom. The van der Waals surface area contributed by atoms with Crippen molar-refractivity contribution in [2.45, 2.75) is 12.0 Å². The van der Waals surface area contributed by atoms with Crippen LogP contribution >= 0.6 is 0 Å². The van der Waals surface area contributed by atoms with Gasteiger partial charge in [0.25, 0.3) is 5.91 Å². The largest absolute Gasteiger partial charge is 0.479 e. The summed E-state index contributed by atoms with van der Waals surface area (Å²) in [4.78, 5) is 37.7. The zero-order chi connectivity index (χ0) is 22.1. The number of nitrogens with zero attached hydrogens (tertiary/aromatic N) is 1. The van der Waals surface area contributed by atoms with Crippen LogP contribution in [0.2, 0.25) is 0 Å². The average molecular weight is 417 g/mol. The molecule has 0 bridgehead atoms. The highest BCUT2D eigenvalue weighted by Gasteiger charge is 2.52. The number of nitrogens with one attached hydrogen (secondary N) is 1. The Labute approximate surface area is 168 Å². The van der Waals surface area contributed by atoms with Gasteiger partial charge in [-0.05, 0) is 36.4 Å². The molecule has 1 aliphatic rings. The van der Waals surface area contributed by atoms with Gasteiger partial charge in [-0.1, -0.05) is 0 Å². The van der Waals surface area contributed by atoms with Gasteiger partial charge in [-0.25, -0.2) is 13.6 Å². The van der Waals surface area contributed by atoms with E-state index >= 15 is 0 Å². The number of carbonyl (C=O) groups excluding carboxylic acids is 2. The van der Waals surface area contributed by atoms with E-state index < -0.39 is 35.0 Å². The molecule has 2 amide bonds. The summed E-state index contributed by atoms with van der Waals surface area (Å²) < 4.78 is 24.7. The normalized spacial score (nSPS) is 18.2. The van der Waals surface area contributed by atoms with Crippen molar-refractivity contribution < 1.29 is 33.4 Å². The number of primary amides is 1. The SMILES string of the molecule is NC(=O)c1cc(F)cc(F)c1.O=C(O)C1(O)CCN(c2ccc3[nH]ccc3c2)C1=O. The maximum Gasteiger partial charge on any atom is 0.345 e. The minimum absolute atomic E-state index is 0.105. The number of fused-ring (bicyclic) bond motifs is 1. The molecule has 156 valence electrons. The van der Waals surface area contributed by atoms with E-state index in [1.54, 1.807) is 18.3 Å². The second kappa shape index (κ2) is 7.91.